The van der Waals surface area contributed by atoms with Crippen LogP contribution in [0.4, 0.5) is 0 Å². The molecule has 0 rings (SSSR count). The smallest absolute Gasteiger partial charge is 0.268 e. The van der Waals surface area contributed by atoms with E-state index >= 15 is 0 Å². The summed E-state index contributed by atoms with van der Waals surface area (Å²) < 4.78 is 23.1. The number of quaternary nitrogens is 1. The van der Waals surface area contributed by atoms with Crippen molar-refractivity contribution < 1.29 is 32.9 Å². The summed E-state index contributed by atoms with van der Waals surface area (Å²) in [5.74, 6) is -0.216. The van der Waals surface area contributed by atoms with Crippen molar-refractivity contribution in [3.05, 3.63) is 24.3 Å². The normalized spacial score (nSPS) is 14.5. The molecular formula is C47H93N2O6P. The van der Waals surface area contributed by atoms with Gasteiger partial charge in [-0.3, -0.25) is 9.36 Å². The minimum absolute atomic E-state index is 0.00502. The lowest BCUT2D eigenvalue weighted by molar-refractivity contribution is -0.870. The number of aliphatic hydroxyl groups excluding tert-OH is 1. The molecule has 3 unspecified atom stereocenters. The summed E-state index contributed by atoms with van der Waals surface area (Å²) in [5, 5.41) is 13.7. The molecule has 0 aromatic rings. The van der Waals surface area contributed by atoms with Gasteiger partial charge in [-0.15, -0.1) is 0 Å². The van der Waals surface area contributed by atoms with Crippen molar-refractivity contribution in [2.45, 2.75) is 231 Å². The van der Waals surface area contributed by atoms with Crippen molar-refractivity contribution in [3.63, 3.8) is 0 Å². The second kappa shape index (κ2) is 39.4. The van der Waals surface area contributed by atoms with E-state index in [9.17, 15) is 19.4 Å². The van der Waals surface area contributed by atoms with Crippen molar-refractivity contribution in [2.24, 2.45) is 0 Å². The molecule has 0 heterocycles. The lowest BCUT2D eigenvalue weighted by Gasteiger charge is -2.29. The first-order chi connectivity index (χ1) is 27.0. The molecule has 3 atom stereocenters. The fraction of sp³-hybridized carbons (Fsp3) is 0.894. The SMILES string of the molecule is CCCCCCCCCCCCCCCCCCCCCCCC/C=C/CC/C=C/C(O)C(COP(=O)([O-])OCC[N+](C)(C)C)NC(=O)CCCCCCCC. The van der Waals surface area contributed by atoms with Crippen molar-refractivity contribution in [2.75, 3.05) is 40.9 Å². The number of likely N-dealkylation sites (N-methyl/N-ethyl adjacent to an activating group) is 1. The number of hydrogen-bond acceptors (Lipinski definition) is 6. The Balaban J connectivity index is 4.07. The molecule has 0 saturated heterocycles. The standard InChI is InChI=1S/C47H93N2O6P/c1-6-8-10-12-14-15-16-17-18-19-20-21-22-23-24-25-26-27-28-29-30-31-32-33-34-35-36-38-40-46(50)45(48-47(51)41-39-37-13-11-9-7-2)44-55-56(52,53)54-43-42-49(3,4)5/h33-34,38,40,45-46,50H,6-32,35-37,39,41-44H2,1-5H3,(H-,48,51,52,53)/b34-33+,40-38+. The quantitative estimate of drug-likeness (QED) is 0.0275. The number of nitrogens with one attached hydrogen (secondary N) is 1. The first-order valence-electron chi connectivity index (χ1n) is 23.7. The molecule has 9 heteroatoms. The minimum Gasteiger partial charge on any atom is -0.756 e. The van der Waals surface area contributed by atoms with Gasteiger partial charge in [0.25, 0.3) is 7.82 Å². The molecule has 0 radical (unpaired) electrons. The maximum Gasteiger partial charge on any atom is 0.268 e. The predicted molar refractivity (Wildman–Crippen MR) is 238 cm³/mol. The number of rotatable bonds is 43. The Bertz CT molecular complexity index is 969. The van der Waals surface area contributed by atoms with Crippen LogP contribution in [0.2, 0.25) is 0 Å². The number of hydrogen-bond donors (Lipinski definition) is 2. The highest BCUT2D eigenvalue weighted by Crippen LogP contribution is 2.38. The highest BCUT2D eigenvalue weighted by molar-refractivity contribution is 7.45. The summed E-state index contributed by atoms with van der Waals surface area (Å²) >= 11 is 0. The first kappa shape index (κ1) is 55.0. The van der Waals surface area contributed by atoms with Gasteiger partial charge < -0.3 is 28.8 Å². The first-order valence-corrected chi connectivity index (χ1v) is 25.2. The van der Waals surface area contributed by atoms with E-state index in [1.54, 1.807) is 6.08 Å². The van der Waals surface area contributed by atoms with Gasteiger partial charge in [0, 0.05) is 6.42 Å². The zero-order chi connectivity index (χ0) is 41.4. The topological polar surface area (TPSA) is 108 Å². The Kier molecular flexibility index (Phi) is 38.7. The zero-order valence-electron chi connectivity index (χ0n) is 37.6. The van der Waals surface area contributed by atoms with Crippen LogP contribution in [0, 0.1) is 0 Å². The van der Waals surface area contributed by atoms with E-state index in [2.05, 4.69) is 31.3 Å². The van der Waals surface area contributed by atoms with E-state index in [4.69, 9.17) is 9.05 Å². The molecule has 0 fully saturated rings. The van der Waals surface area contributed by atoms with Crippen LogP contribution in [-0.2, 0) is 18.4 Å². The second-order valence-corrected chi connectivity index (χ2v) is 18.9. The van der Waals surface area contributed by atoms with E-state index in [-0.39, 0.29) is 12.5 Å². The molecule has 2 N–H and O–H groups in total. The molecule has 0 saturated carbocycles. The van der Waals surface area contributed by atoms with Gasteiger partial charge in [-0.25, -0.2) is 0 Å². The maximum atomic E-state index is 12.7. The Morgan fingerprint density at radius 3 is 1.45 bits per heavy atom. The Morgan fingerprint density at radius 1 is 0.607 bits per heavy atom. The lowest BCUT2D eigenvalue weighted by atomic mass is 10.0. The molecule has 0 aliphatic heterocycles. The van der Waals surface area contributed by atoms with E-state index < -0.39 is 26.6 Å². The van der Waals surface area contributed by atoms with Crippen molar-refractivity contribution in [3.8, 4) is 0 Å². The van der Waals surface area contributed by atoms with Crippen LogP contribution < -0.4 is 10.2 Å². The molecule has 0 bridgehead atoms. The fourth-order valence-electron chi connectivity index (χ4n) is 6.87. The maximum absolute atomic E-state index is 12.7. The second-order valence-electron chi connectivity index (χ2n) is 17.5. The molecule has 0 aliphatic carbocycles. The molecule has 0 aromatic carbocycles. The van der Waals surface area contributed by atoms with Crippen molar-refractivity contribution >= 4 is 13.7 Å². The van der Waals surface area contributed by atoms with Crippen molar-refractivity contribution in [1.29, 1.82) is 0 Å². The van der Waals surface area contributed by atoms with Crippen molar-refractivity contribution in [1.82, 2.24) is 5.32 Å². The van der Waals surface area contributed by atoms with Gasteiger partial charge in [0.15, 0.2) is 0 Å². The van der Waals surface area contributed by atoms with Crippen LogP contribution in [0.1, 0.15) is 219 Å². The summed E-state index contributed by atoms with van der Waals surface area (Å²) in [6, 6.07) is -0.896. The molecular weight excluding hydrogens is 719 g/mol. The van der Waals surface area contributed by atoms with Crippen LogP contribution >= 0.6 is 7.82 Å². The molecule has 8 nitrogen and oxygen atoms in total. The molecule has 1 amide bonds. The minimum atomic E-state index is -4.58. The summed E-state index contributed by atoms with van der Waals surface area (Å²) in [7, 11) is 1.25. The van der Waals surface area contributed by atoms with Gasteiger partial charge in [-0.05, 0) is 32.1 Å². The summed E-state index contributed by atoms with van der Waals surface area (Å²) in [6.45, 7) is 4.56. The number of nitrogens with zero attached hydrogens (tertiary/aromatic N) is 1. The number of aliphatic hydroxyl groups is 1. The van der Waals surface area contributed by atoms with E-state index in [0.717, 1.165) is 38.5 Å². The number of phosphoric acid groups is 1. The fourth-order valence-corrected chi connectivity index (χ4v) is 7.60. The van der Waals surface area contributed by atoms with E-state index in [1.165, 1.54) is 161 Å². The summed E-state index contributed by atoms with van der Waals surface area (Å²) in [4.78, 5) is 25.0. The molecule has 0 aromatic heterocycles. The van der Waals surface area contributed by atoms with Gasteiger partial charge in [0.2, 0.25) is 5.91 Å². The Hall–Kier alpha value is -1.02. The van der Waals surface area contributed by atoms with Crippen LogP contribution in [0.15, 0.2) is 24.3 Å². The highest BCUT2D eigenvalue weighted by atomic mass is 31.2. The summed E-state index contributed by atoms with van der Waals surface area (Å²) in [6.07, 6.45) is 47.2. The number of carbonyl (C=O) groups excluding carboxylic acids is 1. The van der Waals surface area contributed by atoms with Gasteiger partial charge in [0.05, 0.1) is 39.9 Å². The van der Waals surface area contributed by atoms with Crippen LogP contribution in [0.25, 0.3) is 0 Å². The number of phosphoric ester groups is 1. The summed E-state index contributed by atoms with van der Waals surface area (Å²) in [5.41, 5.74) is 0. The van der Waals surface area contributed by atoms with E-state index in [1.807, 2.05) is 27.2 Å². The monoisotopic (exact) mass is 813 g/mol. The van der Waals surface area contributed by atoms with Gasteiger partial charge >= 0.3 is 0 Å². The predicted octanol–water partition coefficient (Wildman–Crippen LogP) is 12.7. The van der Waals surface area contributed by atoms with E-state index in [0.29, 0.717) is 17.4 Å². The molecule has 332 valence electrons. The van der Waals surface area contributed by atoms with Gasteiger partial charge in [0.1, 0.15) is 13.2 Å². The number of amides is 1. The zero-order valence-corrected chi connectivity index (χ0v) is 38.5. The number of allylic oxidation sites excluding steroid dienone is 3. The molecule has 56 heavy (non-hydrogen) atoms. The lowest BCUT2D eigenvalue weighted by Crippen LogP contribution is -2.45. The number of unbranched alkanes of at least 4 members (excludes halogenated alkanes) is 28. The van der Waals surface area contributed by atoms with Crippen LogP contribution in [0.3, 0.4) is 0 Å². The number of carbonyl (C=O) groups is 1. The van der Waals surface area contributed by atoms with Crippen LogP contribution in [-0.4, -0.2) is 68.5 Å². The highest BCUT2D eigenvalue weighted by Gasteiger charge is 2.23. The molecule has 0 spiro atoms. The third-order valence-corrected chi connectivity index (χ3v) is 11.6. The van der Waals surface area contributed by atoms with Crippen LogP contribution in [0.5, 0.6) is 0 Å². The average Bonchev–Trinajstić information content (AvgIpc) is 3.15. The third-order valence-electron chi connectivity index (χ3n) is 10.7. The Labute approximate surface area is 347 Å². The largest absolute Gasteiger partial charge is 0.756 e. The van der Waals surface area contributed by atoms with Gasteiger partial charge in [-0.1, -0.05) is 205 Å². The van der Waals surface area contributed by atoms with Gasteiger partial charge in [-0.2, -0.15) is 0 Å². The Morgan fingerprint density at radius 2 is 1.00 bits per heavy atom. The average molecular weight is 813 g/mol. The molecule has 0 aliphatic rings. The third kappa shape index (κ3) is 41.2.